The average molecular weight is 269 g/mol. The molecule has 0 saturated carbocycles. The van der Waals surface area contributed by atoms with Gasteiger partial charge in [-0.05, 0) is 29.7 Å². The summed E-state index contributed by atoms with van der Waals surface area (Å²) in [5.41, 5.74) is 9.37. The summed E-state index contributed by atoms with van der Waals surface area (Å²) in [6, 6.07) is 12.3. The molecule has 1 aliphatic carbocycles. The van der Waals surface area contributed by atoms with E-state index in [1.54, 1.807) is 6.20 Å². The Morgan fingerprint density at radius 3 is 3.00 bits per heavy atom. The van der Waals surface area contributed by atoms with E-state index in [0.29, 0.717) is 10.9 Å². The molecule has 0 bridgehead atoms. The lowest BCUT2D eigenvalue weighted by atomic mass is 9.77. The van der Waals surface area contributed by atoms with Crippen molar-refractivity contribution >= 4 is 23.0 Å². The van der Waals surface area contributed by atoms with E-state index in [9.17, 15) is 0 Å². The van der Waals surface area contributed by atoms with Crippen LogP contribution in [0.1, 0.15) is 22.6 Å². The SMILES string of the molecule is NC(=S)c1ccnc(NCC2Cc3ccccc32)c1. The van der Waals surface area contributed by atoms with Crippen LogP contribution in [0.15, 0.2) is 42.6 Å². The van der Waals surface area contributed by atoms with Crippen LogP contribution in [0.2, 0.25) is 0 Å². The van der Waals surface area contributed by atoms with Crippen molar-refractivity contribution in [1.29, 1.82) is 0 Å². The molecule has 3 rings (SSSR count). The van der Waals surface area contributed by atoms with Crippen LogP contribution in [0.3, 0.4) is 0 Å². The molecule has 0 radical (unpaired) electrons. The number of thiocarbonyl (C=S) groups is 1. The van der Waals surface area contributed by atoms with Crippen molar-refractivity contribution in [2.45, 2.75) is 12.3 Å². The number of nitrogens with one attached hydrogen (secondary N) is 1. The van der Waals surface area contributed by atoms with Gasteiger partial charge in [0.05, 0.1) is 0 Å². The van der Waals surface area contributed by atoms with Gasteiger partial charge in [-0.15, -0.1) is 0 Å². The Balaban J connectivity index is 1.65. The van der Waals surface area contributed by atoms with Crippen LogP contribution < -0.4 is 11.1 Å². The summed E-state index contributed by atoms with van der Waals surface area (Å²) in [6.07, 6.45) is 2.86. The fourth-order valence-corrected chi connectivity index (χ4v) is 2.58. The van der Waals surface area contributed by atoms with E-state index in [1.807, 2.05) is 12.1 Å². The van der Waals surface area contributed by atoms with E-state index in [-0.39, 0.29) is 0 Å². The largest absolute Gasteiger partial charge is 0.389 e. The number of nitrogens with two attached hydrogens (primary N) is 1. The van der Waals surface area contributed by atoms with Gasteiger partial charge in [-0.1, -0.05) is 36.5 Å². The Kier molecular flexibility index (Phi) is 3.17. The summed E-state index contributed by atoms with van der Waals surface area (Å²) < 4.78 is 0. The molecule has 3 N–H and O–H groups in total. The van der Waals surface area contributed by atoms with Crippen LogP contribution >= 0.6 is 12.2 Å². The minimum atomic E-state index is 0.402. The fourth-order valence-electron chi connectivity index (χ4n) is 2.45. The zero-order valence-electron chi connectivity index (χ0n) is 10.5. The van der Waals surface area contributed by atoms with E-state index in [1.165, 1.54) is 11.1 Å². The number of nitrogens with zero attached hydrogens (tertiary/aromatic N) is 1. The molecule has 2 aromatic rings. The summed E-state index contributed by atoms with van der Waals surface area (Å²) >= 11 is 4.97. The summed E-state index contributed by atoms with van der Waals surface area (Å²) in [5, 5.41) is 3.36. The third-order valence-electron chi connectivity index (χ3n) is 3.54. The molecule has 1 aromatic heterocycles. The van der Waals surface area contributed by atoms with E-state index in [0.717, 1.165) is 24.3 Å². The Bertz CT molecular complexity index is 624. The highest BCUT2D eigenvalue weighted by molar-refractivity contribution is 7.80. The van der Waals surface area contributed by atoms with Gasteiger partial charge in [0.2, 0.25) is 0 Å². The number of benzene rings is 1. The second-order valence-corrected chi connectivity index (χ2v) is 5.21. The highest BCUT2D eigenvalue weighted by atomic mass is 32.1. The summed E-state index contributed by atoms with van der Waals surface area (Å²) in [4.78, 5) is 4.68. The van der Waals surface area contributed by atoms with Crippen LogP contribution in [0.5, 0.6) is 0 Å². The first-order chi connectivity index (χ1) is 9.24. The monoisotopic (exact) mass is 269 g/mol. The van der Waals surface area contributed by atoms with Gasteiger partial charge in [-0.3, -0.25) is 0 Å². The van der Waals surface area contributed by atoms with Gasteiger partial charge in [0, 0.05) is 24.2 Å². The zero-order chi connectivity index (χ0) is 13.2. The van der Waals surface area contributed by atoms with Gasteiger partial charge in [-0.2, -0.15) is 0 Å². The first-order valence-corrected chi connectivity index (χ1v) is 6.72. The molecule has 1 aromatic carbocycles. The maximum absolute atomic E-state index is 5.62. The molecule has 0 saturated heterocycles. The van der Waals surface area contributed by atoms with Crippen molar-refractivity contribution < 1.29 is 0 Å². The molecule has 0 amide bonds. The van der Waals surface area contributed by atoms with Gasteiger partial charge >= 0.3 is 0 Å². The van der Waals surface area contributed by atoms with Crippen molar-refractivity contribution in [1.82, 2.24) is 4.98 Å². The molecular formula is C15H15N3S. The van der Waals surface area contributed by atoms with Crippen molar-refractivity contribution in [2.24, 2.45) is 5.73 Å². The van der Waals surface area contributed by atoms with Gasteiger partial charge < -0.3 is 11.1 Å². The van der Waals surface area contributed by atoms with Crippen LogP contribution in [0.25, 0.3) is 0 Å². The third kappa shape index (κ3) is 2.44. The van der Waals surface area contributed by atoms with Crippen LogP contribution in [-0.2, 0) is 6.42 Å². The summed E-state index contributed by atoms with van der Waals surface area (Å²) in [7, 11) is 0. The highest BCUT2D eigenvalue weighted by Gasteiger charge is 2.24. The Morgan fingerprint density at radius 2 is 2.21 bits per heavy atom. The minimum absolute atomic E-state index is 0.402. The lowest BCUT2D eigenvalue weighted by Gasteiger charge is -2.30. The second kappa shape index (κ2) is 4.97. The number of anilines is 1. The van der Waals surface area contributed by atoms with E-state index in [4.69, 9.17) is 18.0 Å². The second-order valence-electron chi connectivity index (χ2n) is 4.77. The predicted octanol–water partition coefficient (Wildman–Crippen LogP) is 2.47. The quantitative estimate of drug-likeness (QED) is 0.837. The Hall–Kier alpha value is -1.94. The number of aromatic nitrogens is 1. The summed E-state index contributed by atoms with van der Waals surface area (Å²) in [5.74, 6) is 1.40. The molecule has 0 aliphatic heterocycles. The molecule has 1 unspecified atom stereocenters. The number of hydrogen-bond acceptors (Lipinski definition) is 3. The van der Waals surface area contributed by atoms with Gasteiger partial charge in [-0.25, -0.2) is 4.98 Å². The van der Waals surface area contributed by atoms with Gasteiger partial charge in [0.1, 0.15) is 10.8 Å². The minimum Gasteiger partial charge on any atom is -0.389 e. The maximum atomic E-state index is 5.62. The lowest BCUT2D eigenvalue weighted by Crippen LogP contribution is -2.24. The first kappa shape index (κ1) is 12.1. The molecule has 1 atom stereocenters. The van der Waals surface area contributed by atoms with Crippen molar-refractivity contribution in [3.63, 3.8) is 0 Å². The number of fused-ring (bicyclic) bond motifs is 1. The molecule has 19 heavy (non-hydrogen) atoms. The molecule has 96 valence electrons. The first-order valence-electron chi connectivity index (χ1n) is 6.31. The molecule has 1 aliphatic rings. The Morgan fingerprint density at radius 1 is 1.37 bits per heavy atom. The lowest BCUT2D eigenvalue weighted by molar-refractivity contribution is 0.634. The number of hydrogen-bond donors (Lipinski definition) is 2. The average Bonchev–Trinajstić information content (AvgIpc) is 2.40. The number of rotatable bonds is 4. The highest BCUT2D eigenvalue weighted by Crippen LogP contribution is 2.34. The zero-order valence-corrected chi connectivity index (χ0v) is 11.3. The van der Waals surface area contributed by atoms with Gasteiger partial charge in [0.25, 0.3) is 0 Å². The van der Waals surface area contributed by atoms with E-state index < -0.39 is 0 Å². The van der Waals surface area contributed by atoms with Gasteiger partial charge in [0.15, 0.2) is 0 Å². The van der Waals surface area contributed by atoms with Crippen LogP contribution in [0, 0.1) is 0 Å². The third-order valence-corrected chi connectivity index (χ3v) is 3.77. The normalized spacial score (nSPS) is 16.3. The van der Waals surface area contributed by atoms with Crippen LogP contribution in [-0.4, -0.2) is 16.5 Å². The Labute approximate surface area is 117 Å². The standard InChI is InChI=1S/C15H15N3S/c16-15(19)11-5-6-17-14(8-11)18-9-12-7-10-3-1-2-4-13(10)12/h1-6,8,12H,7,9H2,(H2,16,19)(H,17,18). The fraction of sp³-hybridized carbons (Fsp3) is 0.200. The molecule has 4 heteroatoms. The smallest absolute Gasteiger partial charge is 0.126 e. The summed E-state index contributed by atoms with van der Waals surface area (Å²) in [6.45, 7) is 0.894. The van der Waals surface area contributed by atoms with Crippen molar-refractivity contribution in [2.75, 3.05) is 11.9 Å². The topological polar surface area (TPSA) is 50.9 Å². The molecule has 0 spiro atoms. The maximum Gasteiger partial charge on any atom is 0.126 e. The molecule has 0 fully saturated rings. The molecule has 3 nitrogen and oxygen atoms in total. The van der Waals surface area contributed by atoms with Crippen LogP contribution in [0.4, 0.5) is 5.82 Å². The molecular weight excluding hydrogens is 254 g/mol. The predicted molar refractivity (Wildman–Crippen MR) is 81.5 cm³/mol. The number of pyridine rings is 1. The van der Waals surface area contributed by atoms with Crippen molar-refractivity contribution in [3.8, 4) is 0 Å². The molecule has 1 heterocycles. The van der Waals surface area contributed by atoms with E-state index >= 15 is 0 Å². The van der Waals surface area contributed by atoms with Crippen molar-refractivity contribution in [3.05, 3.63) is 59.3 Å². The van der Waals surface area contributed by atoms with E-state index in [2.05, 4.69) is 34.6 Å².